The SMILES string of the molecule is COc1ccc(S(=O)(=O)N2CCCCCC2)cc1C(=O)NCc1ccc(OC2CCCC2)nc1. The molecule has 2 fully saturated rings. The fraction of sp³-hybridized carbons (Fsp3) is 0.520. The standard InChI is InChI=1S/C25H33N3O5S/c1-32-23-12-11-21(34(30,31)28-14-6-2-3-7-15-28)16-22(23)25(29)27-18-19-10-13-24(26-17-19)33-20-8-4-5-9-20/h10-13,16-17,20H,2-9,14-15,18H2,1H3,(H,27,29). The van der Waals surface area contributed by atoms with Crippen molar-refractivity contribution < 1.29 is 22.7 Å². The summed E-state index contributed by atoms with van der Waals surface area (Å²) in [5.74, 6) is 0.511. The van der Waals surface area contributed by atoms with Gasteiger partial charge >= 0.3 is 0 Å². The van der Waals surface area contributed by atoms with E-state index in [1.165, 1.54) is 42.5 Å². The Morgan fingerprint density at radius 1 is 1.06 bits per heavy atom. The smallest absolute Gasteiger partial charge is 0.255 e. The van der Waals surface area contributed by atoms with Crippen LogP contribution in [-0.2, 0) is 16.6 Å². The first kappa shape index (κ1) is 24.5. The summed E-state index contributed by atoms with van der Waals surface area (Å²) in [7, 11) is -2.21. The lowest BCUT2D eigenvalue weighted by atomic mass is 10.2. The molecule has 1 saturated carbocycles. The van der Waals surface area contributed by atoms with Crippen molar-refractivity contribution in [1.29, 1.82) is 0 Å². The van der Waals surface area contributed by atoms with Gasteiger partial charge in [0.25, 0.3) is 5.91 Å². The first-order valence-corrected chi connectivity index (χ1v) is 13.5. The van der Waals surface area contributed by atoms with Crippen LogP contribution in [0.4, 0.5) is 0 Å². The third-order valence-electron chi connectivity index (χ3n) is 6.46. The number of ether oxygens (including phenoxy) is 2. The first-order chi connectivity index (χ1) is 16.5. The van der Waals surface area contributed by atoms with Crippen LogP contribution in [0.3, 0.4) is 0 Å². The molecule has 0 radical (unpaired) electrons. The monoisotopic (exact) mass is 487 g/mol. The number of amides is 1. The van der Waals surface area contributed by atoms with Crippen LogP contribution < -0.4 is 14.8 Å². The van der Waals surface area contributed by atoms with Gasteiger partial charge in [-0.3, -0.25) is 4.79 Å². The molecule has 2 aromatic rings. The highest BCUT2D eigenvalue weighted by molar-refractivity contribution is 7.89. The molecule has 4 rings (SSSR count). The summed E-state index contributed by atoms with van der Waals surface area (Å²) in [4.78, 5) is 17.4. The van der Waals surface area contributed by atoms with Crippen molar-refractivity contribution in [3.63, 3.8) is 0 Å². The summed E-state index contributed by atoms with van der Waals surface area (Å²) in [6.45, 7) is 1.26. The number of pyridine rings is 1. The number of hydrogen-bond donors (Lipinski definition) is 1. The highest BCUT2D eigenvalue weighted by Gasteiger charge is 2.27. The van der Waals surface area contributed by atoms with Crippen molar-refractivity contribution >= 4 is 15.9 Å². The van der Waals surface area contributed by atoms with Gasteiger partial charge < -0.3 is 14.8 Å². The maximum absolute atomic E-state index is 13.2. The lowest BCUT2D eigenvalue weighted by Crippen LogP contribution is -2.32. The minimum atomic E-state index is -3.67. The number of rotatable bonds is 8. The van der Waals surface area contributed by atoms with E-state index in [1.807, 2.05) is 12.1 Å². The average Bonchev–Trinajstić information content (AvgIpc) is 3.20. The molecule has 8 nitrogen and oxygen atoms in total. The van der Waals surface area contributed by atoms with Crippen LogP contribution in [0.1, 0.15) is 67.3 Å². The Bertz CT molecular complexity index is 1070. The molecular weight excluding hydrogens is 454 g/mol. The molecule has 0 unspecified atom stereocenters. The summed E-state index contributed by atoms with van der Waals surface area (Å²) in [5, 5.41) is 2.84. The molecule has 0 spiro atoms. The van der Waals surface area contributed by atoms with E-state index in [0.717, 1.165) is 44.1 Å². The number of benzene rings is 1. The topological polar surface area (TPSA) is 97.8 Å². The van der Waals surface area contributed by atoms with Gasteiger partial charge in [-0.25, -0.2) is 13.4 Å². The number of nitrogens with one attached hydrogen (secondary N) is 1. The zero-order valence-electron chi connectivity index (χ0n) is 19.7. The van der Waals surface area contributed by atoms with Crippen molar-refractivity contribution in [2.45, 2.75) is 68.9 Å². The third kappa shape index (κ3) is 5.88. The zero-order valence-corrected chi connectivity index (χ0v) is 20.5. The van der Waals surface area contributed by atoms with E-state index in [1.54, 1.807) is 6.20 Å². The van der Waals surface area contributed by atoms with Crippen molar-refractivity contribution in [2.75, 3.05) is 20.2 Å². The van der Waals surface area contributed by atoms with Gasteiger partial charge in [0.1, 0.15) is 11.9 Å². The second kappa shape index (κ2) is 11.2. The molecule has 1 aromatic heterocycles. The quantitative estimate of drug-likeness (QED) is 0.606. The number of carbonyl (C=O) groups excluding carboxylic acids is 1. The van der Waals surface area contributed by atoms with E-state index in [9.17, 15) is 13.2 Å². The Morgan fingerprint density at radius 3 is 2.44 bits per heavy atom. The minimum absolute atomic E-state index is 0.107. The summed E-state index contributed by atoms with van der Waals surface area (Å²) in [5.41, 5.74) is 1.01. The fourth-order valence-corrected chi connectivity index (χ4v) is 6.04. The van der Waals surface area contributed by atoms with Crippen LogP contribution in [0.15, 0.2) is 41.4 Å². The molecule has 34 heavy (non-hydrogen) atoms. The number of sulfonamides is 1. The number of hydrogen-bond acceptors (Lipinski definition) is 6. The van der Waals surface area contributed by atoms with Gasteiger partial charge in [-0.1, -0.05) is 18.9 Å². The lowest BCUT2D eigenvalue weighted by molar-refractivity contribution is 0.0947. The molecule has 9 heteroatoms. The van der Waals surface area contributed by atoms with Gasteiger partial charge in [0.05, 0.1) is 17.6 Å². The van der Waals surface area contributed by atoms with Crippen molar-refractivity contribution in [3.05, 3.63) is 47.7 Å². The Hall–Kier alpha value is -2.65. The van der Waals surface area contributed by atoms with Crippen LogP contribution in [0.2, 0.25) is 0 Å². The largest absolute Gasteiger partial charge is 0.496 e. The third-order valence-corrected chi connectivity index (χ3v) is 8.35. The maximum Gasteiger partial charge on any atom is 0.255 e. The van der Waals surface area contributed by atoms with Crippen molar-refractivity contribution in [3.8, 4) is 11.6 Å². The van der Waals surface area contributed by atoms with Gasteiger partial charge in [0.15, 0.2) is 0 Å². The molecule has 1 aliphatic heterocycles. The minimum Gasteiger partial charge on any atom is -0.496 e. The van der Waals surface area contributed by atoms with Crippen LogP contribution in [0.25, 0.3) is 0 Å². The number of methoxy groups -OCH3 is 1. The molecule has 184 valence electrons. The normalized spacial score (nSPS) is 17.8. The summed E-state index contributed by atoms with van der Waals surface area (Å²) < 4.78 is 39.1. The Balaban J connectivity index is 1.43. The van der Waals surface area contributed by atoms with E-state index in [2.05, 4.69) is 10.3 Å². The predicted molar refractivity (Wildman–Crippen MR) is 129 cm³/mol. The van der Waals surface area contributed by atoms with Crippen LogP contribution in [0.5, 0.6) is 11.6 Å². The summed E-state index contributed by atoms with van der Waals surface area (Å²) >= 11 is 0. The first-order valence-electron chi connectivity index (χ1n) is 12.1. The highest BCUT2D eigenvalue weighted by atomic mass is 32.2. The molecule has 1 N–H and O–H groups in total. The second-order valence-corrected chi connectivity index (χ2v) is 10.8. The second-order valence-electron chi connectivity index (χ2n) is 8.89. The van der Waals surface area contributed by atoms with E-state index in [4.69, 9.17) is 9.47 Å². The van der Waals surface area contributed by atoms with Crippen LogP contribution in [0, 0.1) is 0 Å². The molecule has 2 heterocycles. The molecule has 1 amide bonds. The Kier molecular flexibility index (Phi) is 8.05. The van der Waals surface area contributed by atoms with E-state index < -0.39 is 15.9 Å². The molecular formula is C25H33N3O5S. The Labute approximate surface area is 201 Å². The van der Waals surface area contributed by atoms with Gasteiger partial charge in [0, 0.05) is 31.9 Å². The molecule has 1 saturated heterocycles. The Morgan fingerprint density at radius 2 is 1.79 bits per heavy atom. The lowest BCUT2D eigenvalue weighted by Gasteiger charge is -2.20. The zero-order chi connectivity index (χ0) is 24.0. The number of nitrogens with zero attached hydrogens (tertiary/aromatic N) is 2. The van der Waals surface area contributed by atoms with Crippen LogP contribution in [-0.4, -0.2) is 49.9 Å². The molecule has 1 aliphatic carbocycles. The van der Waals surface area contributed by atoms with Crippen LogP contribution >= 0.6 is 0 Å². The van der Waals surface area contributed by atoms with Gasteiger partial charge in [-0.05, 0) is 62.3 Å². The molecule has 2 aliphatic rings. The van der Waals surface area contributed by atoms with E-state index >= 15 is 0 Å². The molecule has 1 aromatic carbocycles. The highest BCUT2D eigenvalue weighted by Crippen LogP contribution is 2.27. The van der Waals surface area contributed by atoms with Gasteiger partial charge in [-0.15, -0.1) is 0 Å². The van der Waals surface area contributed by atoms with E-state index in [0.29, 0.717) is 24.7 Å². The predicted octanol–water partition coefficient (Wildman–Crippen LogP) is 3.91. The fourth-order valence-electron chi connectivity index (χ4n) is 4.50. The van der Waals surface area contributed by atoms with Crippen molar-refractivity contribution in [2.24, 2.45) is 0 Å². The van der Waals surface area contributed by atoms with Gasteiger partial charge in [0.2, 0.25) is 15.9 Å². The number of carbonyl (C=O) groups is 1. The maximum atomic E-state index is 13.2. The number of aromatic nitrogens is 1. The summed E-state index contributed by atoms with van der Waals surface area (Å²) in [6, 6.07) is 8.13. The molecule has 0 atom stereocenters. The molecule has 0 bridgehead atoms. The van der Waals surface area contributed by atoms with Gasteiger partial charge in [-0.2, -0.15) is 4.31 Å². The summed E-state index contributed by atoms with van der Waals surface area (Å²) in [6.07, 6.45) is 10.2. The average molecular weight is 488 g/mol. The van der Waals surface area contributed by atoms with E-state index in [-0.39, 0.29) is 23.1 Å². The van der Waals surface area contributed by atoms with Crippen molar-refractivity contribution in [1.82, 2.24) is 14.6 Å².